The van der Waals surface area contributed by atoms with Crippen LogP contribution < -0.4 is 5.69 Å². The van der Waals surface area contributed by atoms with Crippen molar-refractivity contribution in [2.75, 3.05) is 0 Å². The summed E-state index contributed by atoms with van der Waals surface area (Å²) < 4.78 is 3.61. The van der Waals surface area contributed by atoms with Crippen LogP contribution in [0.5, 0.6) is 0 Å². The second-order valence-electron chi connectivity index (χ2n) is 7.38. The molecule has 0 amide bonds. The third kappa shape index (κ3) is 4.33. The fourth-order valence-corrected chi connectivity index (χ4v) is 3.74. The van der Waals surface area contributed by atoms with Crippen molar-refractivity contribution in [1.29, 1.82) is 0 Å². The molecular weight excluding hydrogens is 388 g/mol. The Morgan fingerprint density at radius 2 is 1.87 bits per heavy atom. The number of hydrogen-bond donors (Lipinski definition) is 1. The van der Waals surface area contributed by atoms with Crippen molar-refractivity contribution in [3.05, 3.63) is 76.5 Å². The normalized spacial score (nSPS) is 10.8. The SMILES string of the molecule is C#CCCc1cn(CCC)c(=O)n1Cc1ccc(-c2ccccc2-c2nnn[nH]2)cc1. The Morgan fingerprint density at radius 3 is 2.55 bits per heavy atom. The standard InChI is InChI=1S/C24H24N6O/c1-3-5-8-20-17-29(15-4-2)24(31)30(20)16-18-11-13-19(14-12-18)21-9-6-7-10-22(21)23-25-27-28-26-23/h1,6-7,9-14,17H,4-5,8,15-16H2,2H3,(H,25,26,27,28). The molecular formula is C24H24N6O. The largest absolute Gasteiger partial charge is 0.328 e. The molecule has 4 aromatic rings. The van der Waals surface area contributed by atoms with Crippen LogP contribution in [-0.2, 0) is 19.5 Å². The van der Waals surface area contributed by atoms with Crippen LogP contribution in [-0.4, -0.2) is 29.8 Å². The van der Waals surface area contributed by atoms with Crippen LogP contribution in [0.1, 0.15) is 31.0 Å². The van der Waals surface area contributed by atoms with Gasteiger partial charge >= 0.3 is 5.69 Å². The van der Waals surface area contributed by atoms with E-state index in [4.69, 9.17) is 6.42 Å². The summed E-state index contributed by atoms with van der Waals surface area (Å²) in [5.41, 5.74) is 5.07. The number of hydrogen-bond acceptors (Lipinski definition) is 4. The summed E-state index contributed by atoms with van der Waals surface area (Å²) in [6, 6.07) is 16.2. The van der Waals surface area contributed by atoms with Gasteiger partial charge in [0.15, 0.2) is 5.82 Å². The lowest BCUT2D eigenvalue weighted by molar-refractivity contribution is 0.620. The first-order valence-corrected chi connectivity index (χ1v) is 10.4. The van der Waals surface area contributed by atoms with Gasteiger partial charge in [0.2, 0.25) is 0 Å². The summed E-state index contributed by atoms with van der Waals surface area (Å²) in [6.07, 6.45) is 9.60. The number of rotatable bonds is 8. The summed E-state index contributed by atoms with van der Waals surface area (Å²) in [4.78, 5) is 12.9. The van der Waals surface area contributed by atoms with Gasteiger partial charge in [-0.2, -0.15) is 0 Å². The number of terminal acetylenes is 1. The molecule has 0 saturated heterocycles. The van der Waals surface area contributed by atoms with E-state index >= 15 is 0 Å². The van der Waals surface area contributed by atoms with Crippen molar-refractivity contribution < 1.29 is 0 Å². The molecule has 7 heteroatoms. The van der Waals surface area contributed by atoms with Crippen LogP contribution in [0.3, 0.4) is 0 Å². The number of H-pyrrole nitrogens is 1. The van der Waals surface area contributed by atoms with Crippen molar-refractivity contribution in [2.45, 2.75) is 39.3 Å². The number of aromatic amines is 1. The van der Waals surface area contributed by atoms with Crippen LogP contribution in [0, 0.1) is 12.3 Å². The average Bonchev–Trinajstić information content (AvgIpc) is 3.43. The zero-order chi connectivity index (χ0) is 21.6. The minimum Gasteiger partial charge on any atom is -0.299 e. The van der Waals surface area contributed by atoms with E-state index in [1.54, 1.807) is 4.57 Å². The van der Waals surface area contributed by atoms with Crippen LogP contribution >= 0.6 is 0 Å². The predicted molar refractivity (Wildman–Crippen MR) is 120 cm³/mol. The van der Waals surface area contributed by atoms with Gasteiger partial charge in [-0.25, -0.2) is 9.89 Å². The molecule has 0 bridgehead atoms. The highest BCUT2D eigenvalue weighted by atomic mass is 16.1. The summed E-state index contributed by atoms with van der Waals surface area (Å²) in [5.74, 6) is 3.30. The summed E-state index contributed by atoms with van der Waals surface area (Å²) in [7, 11) is 0. The van der Waals surface area contributed by atoms with E-state index in [0.717, 1.165) is 34.4 Å². The van der Waals surface area contributed by atoms with Crippen molar-refractivity contribution in [2.24, 2.45) is 0 Å². The number of tetrazole rings is 1. The lowest BCUT2D eigenvalue weighted by Gasteiger charge is -2.10. The second kappa shape index (κ2) is 9.26. The Kier molecular flexibility index (Phi) is 6.08. The van der Waals surface area contributed by atoms with E-state index in [0.29, 0.717) is 31.8 Å². The smallest absolute Gasteiger partial charge is 0.299 e. The minimum atomic E-state index is 0.0149. The van der Waals surface area contributed by atoms with Gasteiger partial charge in [-0.15, -0.1) is 17.4 Å². The van der Waals surface area contributed by atoms with Crippen LogP contribution in [0.15, 0.2) is 59.5 Å². The highest BCUT2D eigenvalue weighted by Crippen LogP contribution is 2.29. The molecule has 0 saturated carbocycles. The lowest BCUT2D eigenvalue weighted by atomic mass is 9.98. The summed E-state index contributed by atoms with van der Waals surface area (Å²) in [5, 5.41) is 14.2. The maximum atomic E-state index is 12.9. The molecule has 31 heavy (non-hydrogen) atoms. The van der Waals surface area contributed by atoms with Gasteiger partial charge in [0.05, 0.1) is 6.54 Å². The van der Waals surface area contributed by atoms with Gasteiger partial charge in [-0.3, -0.25) is 9.13 Å². The molecule has 2 aromatic heterocycles. The molecule has 0 aliphatic rings. The molecule has 0 radical (unpaired) electrons. The monoisotopic (exact) mass is 412 g/mol. The van der Waals surface area contributed by atoms with Gasteiger partial charge < -0.3 is 0 Å². The molecule has 0 aliphatic carbocycles. The third-order valence-corrected chi connectivity index (χ3v) is 5.25. The maximum absolute atomic E-state index is 12.9. The Bertz CT molecular complexity index is 1240. The van der Waals surface area contributed by atoms with E-state index in [1.165, 1.54) is 0 Å². The van der Waals surface area contributed by atoms with Gasteiger partial charge in [0.25, 0.3) is 0 Å². The van der Waals surface area contributed by atoms with Crippen molar-refractivity contribution in [3.8, 4) is 34.9 Å². The van der Waals surface area contributed by atoms with Crippen molar-refractivity contribution >= 4 is 0 Å². The van der Waals surface area contributed by atoms with E-state index in [2.05, 4.69) is 57.7 Å². The topological polar surface area (TPSA) is 81.4 Å². The molecule has 0 fully saturated rings. The molecule has 0 aliphatic heterocycles. The highest BCUT2D eigenvalue weighted by molar-refractivity contribution is 5.80. The minimum absolute atomic E-state index is 0.0149. The first kappa shape index (κ1) is 20.4. The number of nitrogens with zero attached hydrogens (tertiary/aromatic N) is 5. The van der Waals surface area contributed by atoms with Crippen LogP contribution in [0.2, 0.25) is 0 Å². The molecule has 156 valence electrons. The Balaban J connectivity index is 1.62. The zero-order valence-electron chi connectivity index (χ0n) is 17.5. The Labute approximate surface area is 180 Å². The maximum Gasteiger partial charge on any atom is 0.328 e. The van der Waals surface area contributed by atoms with Gasteiger partial charge in [-0.1, -0.05) is 55.5 Å². The van der Waals surface area contributed by atoms with Crippen LogP contribution in [0.4, 0.5) is 0 Å². The molecule has 2 aromatic carbocycles. The molecule has 1 N–H and O–H groups in total. The molecule has 0 atom stereocenters. The number of imidazole rings is 1. The molecule has 7 nitrogen and oxygen atoms in total. The van der Waals surface area contributed by atoms with Gasteiger partial charge in [0, 0.05) is 36.8 Å². The second-order valence-corrected chi connectivity index (χ2v) is 7.38. The van der Waals surface area contributed by atoms with Gasteiger partial charge in [-0.05, 0) is 33.5 Å². The highest BCUT2D eigenvalue weighted by Gasteiger charge is 2.13. The van der Waals surface area contributed by atoms with E-state index in [9.17, 15) is 4.79 Å². The molecule has 0 spiro atoms. The quantitative estimate of drug-likeness (QED) is 0.449. The summed E-state index contributed by atoms with van der Waals surface area (Å²) in [6.45, 7) is 3.29. The number of nitrogens with one attached hydrogen (secondary N) is 1. The number of aromatic nitrogens is 6. The fraction of sp³-hybridized carbons (Fsp3) is 0.250. The van der Waals surface area contributed by atoms with E-state index in [1.807, 2.05) is 35.0 Å². The molecule has 0 unspecified atom stereocenters. The molecule has 4 rings (SSSR count). The average molecular weight is 412 g/mol. The third-order valence-electron chi connectivity index (χ3n) is 5.25. The zero-order valence-corrected chi connectivity index (χ0v) is 17.5. The van der Waals surface area contributed by atoms with Crippen LogP contribution in [0.25, 0.3) is 22.5 Å². The predicted octanol–water partition coefficient (Wildman–Crippen LogP) is 3.52. The Morgan fingerprint density at radius 1 is 1.10 bits per heavy atom. The Hall–Kier alpha value is -3.92. The van der Waals surface area contributed by atoms with Gasteiger partial charge in [0.1, 0.15) is 0 Å². The van der Waals surface area contributed by atoms with E-state index < -0.39 is 0 Å². The van der Waals surface area contributed by atoms with E-state index in [-0.39, 0.29) is 5.69 Å². The first-order valence-electron chi connectivity index (χ1n) is 10.4. The number of benzene rings is 2. The van der Waals surface area contributed by atoms with Crippen molar-refractivity contribution in [3.63, 3.8) is 0 Å². The fourth-order valence-electron chi connectivity index (χ4n) is 3.74. The number of aryl methyl sites for hydroxylation is 2. The summed E-state index contributed by atoms with van der Waals surface area (Å²) >= 11 is 0. The molecule has 2 heterocycles. The van der Waals surface area contributed by atoms with Crippen molar-refractivity contribution in [1.82, 2.24) is 29.8 Å². The first-order chi connectivity index (χ1) is 15.2. The lowest BCUT2D eigenvalue weighted by Crippen LogP contribution is -2.25.